The van der Waals surface area contributed by atoms with Gasteiger partial charge in [0.2, 0.25) is 6.26 Å². The molecular weight excluding hydrogens is 196 g/mol. The summed E-state index contributed by atoms with van der Waals surface area (Å²) in [6.07, 6.45) is 1.04. The van der Waals surface area contributed by atoms with E-state index in [0.717, 1.165) is 11.8 Å². The zero-order valence-corrected chi connectivity index (χ0v) is 8.01. The zero-order valence-electron chi connectivity index (χ0n) is 8.01. The normalized spacial score (nSPS) is 10.2. The third kappa shape index (κ3) is 1.71. The maximum absolute atomic E-state index is 10.6. The van der Waals surface area contributed by atoms with E-state index >= 15 is 0 Å². The van der Waals surface area contributed by atoms with Crippen LogP contribution in [0.25, 0.3) is 11.3 Å². The van der Waals surface area contributed by atoms with Crippen LogP contribution < -0.4 is 0 Å². The Morgan fingerprint density at radius 1 is 1.47 bits per heavy atom. The van der Waals surface area contributed by atoms with Crippen LogP contribution in [0, 0.1) is 17.0 Å². The van der Waals surface area contributed by atoms with Gasteiger partial charge >= 0.3 is 5.69 Å². The minimum absolute atomic E-state index is 0.111. The lowest BCUT2D eigenvalue weighted by molar-refractivity contribution is -0.384. The monoisotopic (exact) mass is 204 g/mol. The summed E-state index contributed by atoms with van der Waals surface area (Å²) in [6.45, 7) is 1.91. The molecule has 5 heteroatoms. The maximum Gasteiger partial charge on any atom is 0.336 e. The standard InChI is InChI=1S/C10H8N2O3/c1-7-3-2-4-8(5-7)10-9(12(13)14)6-15-11-10/h2-6H,1H3. The Morgan fingerprint density at radius 2 is 2.27 bits per heavy atom. The molecule has 0 bridgehead atoms. The summed E-state index contributed by atoms with van der Waals surface area (Å²) >= 11 is 0. The fourth-order valence-electron chi connectivity index (χ4n) is 1.35. The summed E-state index contributed by atoms with van der Waals surface area (Å²) in [4.78, 5) is 10.1. The molecule has 0 unspecified atom stereocenters. The van der Waals surface area contributed by atoms with Crippen molar-refractivity contribution in [1.82, 2.24) is 5.16 Å². The first-order chi connectivity index (χ1) is 7.18. The number of nitro groups is 1. The molecule has 0 atom stereocenters. The molecule has 1 aromatic carbocycles. The lowest BCUT2D eigenvalue weighted by Gasteiger charge is -1.96. The van der Waals surface area contributed by atoms with E-state index in [1.54, 1.807) is 6.07 Å². The zero-order chi connectivity index (χ0) is 10.8. The van der Waals surface area contributed by atoms with Crippen molar-refractivity contribution in [3.05, 3.63) is 46.2 Å². The second kappa shape index (κ2) is 3.53. The summed E-state index contributed by atoms with van der Waals surface area (Å²) in [5.41, 5.74) is 1.87. The van der Waals surface area contributed by atoms with Crippen LogP contribution in [0.5, 0.6) is 0 Å². The van der Waals surface area contributed by atoms with E-state index in [4.69, 9.17) is 0 Å². The number of nitrogens with zero attached hydrogens (tertiary/aromatic N) is 2. The van der Waals surface area contributed by atoms with Crippen LogP contribution in [0.15, 0.2) is 35.1 Å². The predicted octanol–water partition coefficient (Wildman–Crippen LogP) is 2.56. The van der Waals surface area contributed by atoms with E-state index < -0.39 is 4.92 Å². The second-order valence-corrected chi connectivity index (χ2v) is 3.17. The first-order valence-corrected chi connectivity index (χ1v) is 4.34. The van der Waals surface area contributed by atoms with E-state index in [1.807, 2.05) is 25.1 Å². The molecule has 1 heterocycles. The number of benzene rings is 1. The van der Waals surface area contributed by atoms with Gasteiger partial charge in [0.1, 0.15) is 0 Å². The molecule has 2 aromatic rings. The number of rotatable bonds is 2. The van der Waals surface area contributed by atoms with Crippen LogP contribution in [0.4, 0.5) is 5.69 Å². The fourth-order valence-corrected chi connectivity index (χ4v) is 1.35. The molecule has 2 rings (SSSR count). The van der Waals surface area contributed by atoms with Crippen molar-refractivity contribution in [2.45, 2.75) is 6.92 Å². The molecule has 76 valence electrons. The van der Waals surface area contributed by atoms with Gasteiger partial charge in [-0.2, -0.15) is 0 Å². The van der Waals surface area contributed by atoms with Gasteiger partial charge < -0.3 is 4.52 Å². The smallest absolute Gasteiger partial charge is 0.336 e. The molecular formula is C10H8N2O3. The average molecular weight is 204 g/mol. The van der Waals surface area contributed by atoms with Gasteiger partial charge in [-0.1, -0.05) is 28.9 Å². The van der Waals surface area contributed by atoms with Crippen molar-refractivity contribution in [2.24, 2.45) is 0 Å². The van der Waals surface area contributed by atoms with Gasteiger partial charge in [0.05, 0.1) is 4.92 Å². The van der Waals surface area contributed by atoms with E-state index in [2.05, 4.69) is 9.68 Å². The molecule has 0 saturated carbocycles. The van der Waals surface area contributed by atoms with Gasteiger partial charge in [0.15, 0.2) is 5.69 Å². The van der Waals surface area contributed by atoms with Crippen molar-refractivity contribution >= 4 is 5.69 Å². The average Bonchev–Trinajstić information content (AvgIpc) is 2.65. The first kappa shape index (κ1) is 9.39. The predicted molar refractivity (Wildman–Crippen MR) is 53.3 cm³/mol. The van der Waals surface area contributed by atoms with E-state index in [-0.39, 0.29) is 11.4 Å². The molecule has 0 saturated heterocycles. The molecule has 0 spiro atoms. The molecule has 0 radical (unpaired) electrons. The van der Waals surface area contributed by atoms with Gasteiger partial charge in [0, 0.05) is 5.56 Å². The van der Waals surface area contributed by atoms with Crippen LogP contribution in [0.2, 0.25) is 0 Å². The van der Waals surface area contributed by atoms with Crippen molar-refractivity contribution in [1.29, 1.82) is 0 Å². The summed E-state index contributed by atoms with van der Waals surface area (Å²) in [7, 11) is 0. The summed E-state index contributed by atoms with van der Waals surface area (Å²) in [5.74, 6) is 0. The molecule has 5 nitrogen and oxygen atoms in total. The third-order valence-corrected chi connectivity index (χ3v) is 2.04. The van der Waals surface area contributed by atoms with E-state index in [1.165, 1.54) is 0 Å². The van der Waals surface area contributed by atoms with Gasteiger partial charge in [0.25, 0.3) is 0 Å². The Bertz CT molecular complexity index is 505. The molecule has 0 fully saturated rings. The molecule has 0 aliphatic carbocycles. The van der Waals surface area contributed by atoms with Gasteiger partial charge in [-0.3, -0.25) is 10.1 Å². The molecule has 0 aliphatic heterocycles. The van der Waals surface area contributed by atoms with Crippen LogP contribution >= 0.6 is 0 Å². The second-order valence-electron chi connectivity index (χ2n) is 3.17. The SMILES string of the molecule is Cc1cccc(-c2nocc2[N+](=O)[O-])c1. The van der Waals surface area contributed by atoms with Gasteiger partial charge in [-0.05, 0) is 13.0 Å². The molecule has 0 aliphatic rings. The number of aromatic nitrogens is 1. The third-order valence-electron chi connectivity index (χ3n) is 2.04. The molecule has 0 N–H and O–H groups in total. The Morgan fingerprint density at radius 3 is 2.93 bits per heavy atom. The highest BCUT2D eigenvalue weighted by atomic mass is 16.6. The van der Waals surface area contributed by atoms with E-state index in [9.17, 15) is 10.1 Å². The largest absolute Gasteiger partial charge is 0.357 e. The highest BCUT2D eigenvalue weighted by molar-refractivity contribution is 5.68. The van der Waals surface area contributed by atoms with E-state index in [0.29, 0.717) is 5.56 Å². The molecule has 0 amide bonds. The topological polar surface area (TPSA) is 69.2 Å². The highest BCUT2D eigenvalue weighted by Gasteiger charge is 2.19. The number of hydrogen-bond acceptors (Lipinski definition) is 4. The van der Waals surface area contributed by atoms with Crippen molar-refractivity contribution in [3.63, 3.8) is 0 Å². The fraction of sp³-hybridized carbons (Fsp3) is 0.100. The van der Waals surface area contributed by atoms with Crippen LogP contribution in [0.3, 0.4) is 0 Å². The Balaban J connectivity index is 2.54. The lowest BCUT2D eigenvalue weighted by atomic mass is 10.1. The quantitative estimate of drug-likeness (QED) is 0.556. The van der Waals surface area contributed by atoms with Crippen molar-refractivity contribution in [3.8, 4) is 11.3 Å². The van der Waals surface area contributed by atoms with Crippen LogP contribution in [-0.4, -0.2) is 10.1 Å². The van der Waals surface area contributed by atoms with Crippen LogP contribution in [0.1, 0.15) is 5.56 Å². The lowest BCUT2D eigenvalue weighted by Crippen LogP contribution is -1.89. The highest BCUT2D eigenvalue weighted by Crippen LogP contribution is 2.28. The minimum atomic E-state index is -0.506. The Labute approximate surface area is 85.5 Å². The maximum atomic E-state index is 10.6. The first-order valence-electron chi connectivity index (χ1n) is 4.34. The minimum Gasteiger partial charge on any atom is -0.357 e. The Kier molecular flexibility index (Phi) is 2.21. The number of hydrogen-bond donors (Lipinski definition) is 0. The summed E-state index contributed by atoms with van der Waals surface area (Å²) < 4.78 is 4.61. The van der Waals surface area contributed by atoms with Gasteiger partial charge in [-0.15, -0.1) is 0 Å². The Hall–Kier alpha value is -2.17. The molecule has 15 heavy (non-hydrogen) atoms. The van der Waals surface area contributed by atoms with Crippen molar-refractivity contribution < 1.29 is 9.45 Å². The van der Waals surface area contributed by atoms with Crippen LogP contribution in [-0.2, 0) is 0 Å². The molecule has 1 aromatic heterocycles. The summed E-state index contributed by atoms with van der Waals surface area (Å²) in [6, 6.07) is 7.32. The van der Waals surface area contributed by atoms with Gasteiger partial charge in [-0.25, -0.2) is 0 Å². The summed E-state index contributed by atoms with van der Waals surface area (Å²) in [5, 5.41) is 14.3. The number of aryl methyl sites for hydroxylation is 1. The van der Waals surface area contributed by atoms with Crippen molar-refractivity contribution in [2.75, 3.05) is 0 Å².